The third-order valence-corrected chi connectivity index (χ3v) is 8.12. The molecule has 2 aliphatic rings. The molecule has 2 N–H and O–H groups in total. The molecule has 226 valence electrons. The van der Waals surface area contributed by atoms with Gasteiger partial charge >= 0.3 is 23.9 Å². The van der Waals surface area contributed by atoms with Crippen LogP contribution in [-0.4, -0.2) is 60.5 Å². The molecule has 2 aromatic rings. The number of fused-ring (bicyclic) bond motifs is 2. The van der Waals surface area contributed by atoms with E-state index in [1.165, 1.54) is 0 Å². The van der Waals surface area contributed by atoms with Gasteiger partial charge in [0.25, 0.3) is 0 Å². The van der Waals surface area contributed by atoms with Gasteiger partial charge in [-0.15, -0.1) is 0 Å². The van der Waals surface area contributed by atoms with Crippen molar-refractivity contribution < 1.29 is 48.3 Å². The molecule has 4 rings (SSSR count). The van der Waals surface area contributed by atoms with Crippen LogP contribution in [0.2, 0.25) is 0 Å². The van der Waals surface area contributed by atoms with Crippen LogP contribution < -0.4 is 0 Å². The Balaban J connectivity index is 1.80. The SMILES string of the molecule is CCOC(=O)C1(C(=O)OCC)Cc2cc(CO)c(-c3cc4c(cc3CO)CC(C(=O)OCC)(C(=O)OCC)C4)cc2C1. The topological polar surface area (TPSA) is 146 Å². The van der Waals surface area contributed by atoms with Crippen molar-refractivity contribution in [2.45, 2.75) is 66.6 Å². The Bertz CT molecular complexity index is 1250. The zero-order chi connectivity index (χ0) is 30.7. The number of aliphatic hydroxyl groups excluding tert-OH is 2. The molecular weight excluding hydrogens is 544 g/mol. The normalized spacial score (nSPS) is 15.9. The average Bonchev–Trinajstić information content (AvgIpc) is 3.56. The smallest absolute Gasteiger partial charge is 0.324 e. The predicted molar refractivity (Wildman–Crippen MR) is 150 cm³/mol. The molecule has 0 spiro atoms. The quantitative estimate of drug-likeness (QED) is 0.230. The highest BCUT2D eigenvalue weighted by atomic mass is 16.6. The monoisotopic (exact) mass is 582 g/mol. The number of carbonyl (C=O) groups excluding carboxylic acids is 4. The van der Waals surface area contributed by atoms with Crippen molar-refractivity contribution in [2.75, 3.05) is 26.4 Å². The summed E-state index contributed by atoms with van der Waals surface area (Å²) >= 11 is 0. The summed E-state index contributed by atoms with van der Waals surface area (Å²) in [6.45, 7) is 6.43. The van der Waals surface area contributed by atoms with Crippen LogP contribution in [0.15, 0.2) is 24.3 Å². The molecule has 0 saturated heterocycles. The average molecular weight is 583 g/mol. The molecule has 0 aromatic heterocycles. The fraction of sp³-hybridized carbons (Fsp3) is 0.500. The molecule has 42 heavy (non-hydrogen) atoms. The Hall–Kier alpha value is -3.76. The first kappa shape index (κ1) is 31.2. The Morgan fingerprint density at radius 1 is 0.548 bits per heavy atom. The molecule has 0 atom stereocenters. The van der Waals surface area contributed by atoms with Gasteiger partial charge in [0.1, 0.15) is 0 Å². The summed E-state index contributed by atoms with van der Waals surface area (Å²) in [6, 6.07) is 7.17. The van der Waals surface area contributed by atoms with Crippen LogP contribution in [0.5, 0.6) is 0 Å². The van der Waals surface area contributed by atoms with Crippen molar-refractivity contribution in [2.24, 2.45) is 10.8 Å². The molecule has 0 bridgehead atoms. The summed E-state index contributed by atoms with van der Waals surface area (Å²) in [7, 11) is 0. The second-order valence-electron chi connectivity index (χ2n) is 10.6. The van der Waals surface area contributed by atoms with Crippen molar-refractivity contribution in [3.8, 4) is 11.1 Å². The molecule has 0 aliphatic heterocycles. The van der Waals surface area contributed by atoms with E-state index in [2.05, 4.69) is 0 Å². The summed E-state index contributed by atoms with van der Waals surface area (Å²) in [5.74, 6) is -2.63. The first-order valence-corrected chi connectivity index (χ1v) is 14.3. The first-order chi connectivity index (χ1) is 20.1. The standard InChI is InChI=1S/C32H38O10/c1-5-39-27(35)31(28(36)40-6-2)13-19-9-23(17-33)25(11-21(19)15-31)26-12-22-16-32(29(37)41-7-3,30(38)42-8-4)14-20(22)10-24(26)18-34/h9-12,33-34H,5-8,13-18H2,1-4H3. The number of hydrogen-bond donors (Lipinski definition) is 2. The van der Waals surface area contributed by atoms with E-state index < -0.39 is 34.7 Å². The minimum Gasteiger partial charge on any atom is -0.465 e. The molecule has 2 aromatic carbocycles. The van der Waals surface area contributed by atoms with Gasteiger partial charge in [0, 0.05) is 0 Å². The second-order valence-corrected chi connectivity index (χ2v) is 10.6. The zero-order valence-corrected chi connectivity index (χ0v) is 24.5. The van der Waals surface area contributed by atoms with E-state index in [1.54, 1.807) is 39.8 Å². The summed E-state index contributed by atoms with van der Waals surface area (Å²) in [5.41, 5.74) is 2.11. The van der Waals surface area contributed by atoms with Crippen molar-refractivity contribution in [3.05, 3.63) is 57.6 Å². The van der Waals surface area contributed by atoms with Crippen LogP contribution in [0.4, 0.5) is 0 Å². The maximum Gasteiger partial charge on any atom is 0.324 e. The lowest BCUT2D eigenvalue weighted by Crippen LogP contribution is -2.43. The lowest BCUT2D eigenvalue weighted by molar-refractivity contribution is -0.173. The third-order valence-electron chi connectivity index (χ3n) is 8.12. The van der Waals surface area contributed by atoms with Crippen molar-refractivity contribution in [1.29, 1.82) is 0 Å². The zero-order valence-electron chi connectivity index (χ0n) is 24.5. The largest absolute Gasteiger partial charge is 0.465 e. The highest BCUT2D eigenvalue weighted by Gasteiger charge is 2.54. The van der Waals surface area contributed by atoms with Gasteiger partial charge in [-0.3, -0.25) is 19.2 Å². The van der Waals surface area contributed by atoms with Gasteiger partial charge < -0.3 is 29.2 Å². The fourth-order valence-electron chi connectivity index (χ4n) is 6.15. The van der Waals surface area contributed by atoms with Crippen molar-refractivity contribution >= 4 is 23.9 Å². The number of benzene rings is 2. The number of hydrogen-bond acceptors (Lipinski definition) is 10. The van der Waals surface area contributed by atoms with E-state index >= 15 is 0 Å². The van der Waals surface area contributed by atoms with E-state index in [9.17, 15) is 29.4 Å². The molecule has 0 fully saturated rings. The van der Waals surface area contributed by atoms with Gasteiger partial charge in [-0.25, -0.2) is 0 Å². The Morgan fingerprint density at radius 2 is 0.810 bits per heavy atom. The van der Waals surface area contributed by atoms with E-state index in [1.807, 2.05) is 12.1 Å². The van der Waals surface area contributed by atoms with Crippen LogP contribution in [0.25, 0.3) is 11.1 Å². The van der Waals surface area contributed by atoms with Crippen LogP contribution >= 0.6 is 0 Å². The Labute approximate surface area is 244 Å². The van der Waals surface area contributed by atoms with Gasteiger partial charge in [-0.1, -0.05) is 24.3 Å². The molecule has 0 unspecified atom stereocenters. The number of rotatable bonds is 11. The number of carbonyl (C=O) groups is 4. The van der Waals surface area contributed by atoms with E-state index in [0.717, 1.165) is 22.3 Å². The summed E-state index contributed by atoms with van der Waals surface area (Å²) in [4.78, 5) is 52.3. The molecule has 0 amide bonds. The minimum atomic E-state index is -1.53. The van der Waals surface area contributed by atoms with Gasteiger partial charge in [0.2, 0.25) is 0 Å². The van der Waals surface area contributed by atoms with E-state index in [4.69, 9.17) is 18.9 Å². The predicted octanol–water partition coefficient (Wildman–Crippen LogP) is 2.76. The number of esters is 4. The van der Waals surface area contributed by atoms with Gasteiger partial charge in [-0.2, -0.15) is 0 Å². The van der Waals surface area contributed by atoms with Crippen LogP contribution in [-0.2, 0) is 77.0 Å². The maximum atomic E-state index is 13.1. The Morgan fingerprint density at radius 3 is 1.05 bits per heavy atom. The van der Waals surface area contributed by atoms with E-state index in [0.29, 0.717) is 22.3 Å². The van der Waals surface area contributed by atoms with Crippen LogP contribution in [0.1, 0.15) is 61.1 Å². The highest BCUT2D eigenvalue weighted by Crippen LogP contribution is 2.45. The highest BCUT2D eigenvalue weighted by molar-refractivity contribution is 6.02. The van der Waals surface area contributed by atoms with E-state index in [-0.39, 0.29) is 65.3 Å². The van der Waals surface area contributed by atoms with Crippen LogP contribution in [0.3, 0.4) is 0 Å². The lowest BCUT2D eigenvalue weighted by atomic mass is 9.84. The second kappa shape index (κ2) is 12.6. The fourth-order valence-corrected chi connectivity index (χ4v) is 6.15. The molecule has 10 heteroatoms. The molecule has 0 saturated carbocycles. The Kier molecular flexibility index (Phi) is 9.37. The van der Waals surface area contributed by atoms with Crippen molar-refractivity contribution in [3.63, 3.8) is 0 Å². The maximum absolute atomic E-state index is 13.1. The van der Waals surface area contributed by atoms with Gasteiger partial charge in [0.05, 0.1) is 39.6 Å². The molecule has 0 radical (unpaired) electrons. The van der Waals surface area contributed by atoms with Gasteiger partial charge in [0.15, 0.2) is 10.8 Å². The minimum absolute atomic E-state index is 0.0624. The summed E-state index contributed by atoms with van der Waals surface area (Å²) in [6.07, 6.45) is 0.276. The molecular formula is C32H38O10. The summed E-state index contributed by atoms with van der Waals surface area (Å²) < 4.78 is 21.1. The molecule has 2 aliphatic carbocycles. The number of aliphatic hydroxyl groups is 2. The molecule has 0 heterocycles. The third kappa shape index (κ3) is 5.29. The molecule has 10 nitrogen and oxygen atoms in total. The first-order valence-electron chi connectivity index (χ1n) is 14.3. The number of ether oxygens (including phenoxy) is 4. The summed E-state index contributed by atoms with van der Waals surface area (Å²) in [5, 5.41) is 20.7. The van der Waals surface area contributed by atoms with Crippen LogP contribution in [0, 0.1) is 10.8 Å². The van der Waals surface area contributed by atoms with Crippen molar-refractivity contribution in [1.82, 2.24) is 0 Å². The lowest BCUT2D eigenvalue weighted by Gasteiger charge is -2.24. The van der Waals surface area contributed by atoms with Gasteiger partial charge in [-0.05, 0) is 97.9 Å².